The minimum atomic E-state index is 0. The number of pyridine rings is 1. The summed E-state index contributed by atoms with van der Waals surface area (Å²) in [6.45, 7) is 0. The molecule has 7 aromatic rings. The summed E-state index contributed by atoms with van der Waals surface area (Å²) in [4.78, 5) is 43.4. The van der Waals surface area contributed by atoms with Crippen molar-refractivity contribution in [3.05, 3.63) is 91.3 Å². The van der Waals surface area contributed by atoms with Crippen molar-refractivity contribution in [3.8, 4) is 45.6 Å². The molecule has 9 rings (SSSR count). The molecule has 3 aromatic carbocycles. The van der Waals surface area contributed by atoms with Crippen LogP contribution in [-0.2, 0) is 17.1 Å². The van der Waals surface area contributed by atoms with Gasteiger partial charge in [0.1, 0.15) is 0 Å². The van der Waals surface area contributed by atoms with Gasteiger partial charge in [0.2, 0.25) is 0 Å². The van der Waals surface area contributed by atoms with Crippen LogP contribution in [-0.4, -0.2) is 34.9 Å². The van der Waals surface area contributed by atoms with E-state index in [2.05, 4.69) is 4.98 Å². The van der Waals surface area contributed by atoms with Gasteiger partial charge in [0.25, 0.3) is 0 Å². The van der Waals surface area contributed by atoms with Crippen molar-refractivity contribution in [1.82, 2.24) is 44.9 Å². The van der Waals surface area contributed by atoms with Gasteiger partial charge in [-0.2, -0.15) is 0 Å². The van der Waals surface area contributed by atoms with Gasteiger partial charge in [0, 0.05) is 57.2 Å². The summed E-state index contributed by atoms with van der Waals surface area (Å²) >= 11 is 0. The Morgan fingerprint density at radius 1 is 0.390 bits per heavy atom. The van der Waals surface area contributed by atoms with Crippen molar-refractivity contribution in [1.29, 1.82) is 0 Å². The van der Waals surface area contributed by atoms with Gasteiger partial charge in [0.15, 0.2) is 0 Å². The van der Waals surface area contributed by atoms with Crippen molar-refractivity contribution in [2.24, 2.45) is 0 Å². The first kappa shape index (κ1) is 23.6. The van der Waals surface area contributed by atoms with Crippen LogP contribution in [0, 0.1) is 0 Å². The van der Waals surface area contributed by atoms with E-state index in [1.165, 1.54) is 0 Å². The fourth-order valence-electron chi connectivity index (χ4n) is 5.35. The van der Waals surface area contributed by atoms with Crippen LogP contribution in [0.5, 0.6) is 0 Å². The number of nitrogens with zero attached hydrogens (tertiary/aromatic N) is 9. The third kappa shape index (κ3) is 3.52. The second-order valence-corrected chi connectivity index (χ2v) is 9.54. The number of fused-ring (bicyclic) bond motifs is 20. The summed E-state index contributed by atoms with van der Waals surface area (Å²) in [6.07, 6.45) is 3.48. The predicted octanol–water partition coefficient (Wildman–Crippen LogP) is 5.52. The van der Waals surface area contributed by atoms with Crippen LogP contribution in [0.4, 0.5) is 0 Å². The Hall–Kier alpha value is -5.31. The third-order valence-electron chi connectivity index (χ3n) is 7.22. The number of benzene rings is 3. The third-order valence-corrected chi connectivity index (χ3v) is 7.22. The Morgan fingerprint density at radius 3 is 1.20 bits per heavy atom. The first-order chi connectivity index (χ1) is 19.8. The zero-order valence-electron chi connectivity index (χ0n) is 21.0. The van der Waals surface area contributed by atoms with Gasteiger partial charge in [-0.1, -0.05) is 72.8 Å². The Kier molecular flexibility index (Phi) is 5.09. The molecular formula is C31H15CuN9. The molecule has 9 nitrogen and oxygen atoms in total. The number of hydrogen-bond acceptors (Lipinski definition) is 7. The summed E-state index contributed by atoms with van der Waals surface area (Å²) < 4.78 is 0. The van der Waals surface area contributed by atoms with Gasteiger partial charge in [-0.15, -0.1) is 0 Å². The van der Waals surface area contributed by atoms with Crippen LogP contribution in [0.1, 0.15) is 0 Å². The molecule has 1 radical (unpaired) electrons. The molecule has 8 bridgehead atoms. The van der Waals surface area contributed by atoms with Gasteiger partial charge in [-0.3, -0.25) is 4.98 Å². The zero-order chi connectivity index (χ0) is 26.2. The van der Waals surface area contributed by atoms with Crippen LogP contribution in [0.2, 0.25) is 0 Å². The fourth-order valence-corrected chi connectivity index (χ4v) is 5.35. The Labute approximate surface area is 242 Å². The maximum atomic E-state index is 4.94. The van der Waals surface area contributed by atoms with Crippen molar-refractivity contribution in [3.63, 3.8) is 0 Å². The van der Waals surface area contributed by atoms with Crippen LogP contribution < -0.4 is 9.97 Å². The van der Waals surface area contributed by atoms with E-state index < -0.39 is 0 Å². The van der Waals surface area contributed by atoms with Crippen LogP contribution in [0.3, 0.4) is 0 Å². The quantitative estimate of drug-likeness (QED) is 0.215. The normalized spacial score (nSPS) is 11.7. The van der Waals surface area contributed by atoms with E-state index in [-0.39, 0.29) is 17.1 Å². The molecule has 0 atom stereocenters. The van der Waals surface area contributed by atoms with E-state index in [0.29, 0.717) is 45.9 Å². The molecule has 0 N–H and O–H groups in total. The van der Waals surface area contributed by atoms with E-state index in [1.807, 2.05) is 78.9 Å². The molecule has 0 unspecified atom stereocenters. The Morgan fingerprint density at radius 2 is 0.756 bits per heavy atom. The van der Waals surface area contributed by atoms with Gasteiger partial charge in [-0.25, -0.2) is 9.97 Å². The molecule has 0 amide bonds. The molecule has 0 saturated carbocycles. The van der Waals surface area contributed by atoms with Gasteiger partial charge in [-0.05, 0) is 27.6 Å². The summed E-state index contributed by atoms with van der Waals surface area (Å²) in [6, 6.07) is 25.7. The van der Waals surface area contributed by atoms with E-state index in [1.54, 1.807) is 12.4 Å². The maximum Gasteiger partial charge on any atom is 2.00 e. The summed E-state index contributed by atoms with van der Waals surface area (Å²) in [5, 5.41) is 3.51. The average molecular weight is 577 g/mol. The number of rotatable bonds is 0. The van der Waals surface area contributed by atoms with E-state index in [9.17, 15) is 0 Å². The molecule has 6 heterocycles. The SMILES string of the molecule is [Cu+2].c1ccc2c(c1)-c1nc-2nc2[n-]c(nc3nc(nc4[n-]c(n1)c1ccccc41)-c1ccncc1-3)c1ccccc21. The second kappa shape index (κ2) is 8.85. The van der Waals surface area contributed by atoms with Gasteiger partial charge >= 0.3 is 17.1 Å². The molecule has 10 heteroatoms. The van der Waals surface area contributed by atoms with Crippen LogP contribution in [0.25, 0.3) is 89.7 Å². The minimum Gasteiger partial charge on any atom is -0.357 e. The van der Waals surface area contributed by atoms with Crippen molar-refractivity contribution in [2.75, 3.05) is 0 Å². The van der Waals surface area contributed by atoms with Gasteiger partial charge in [0.05, 0.1) is 23.3 Å². The molecular weight excluding hydrogens is 562 g/mol. The van der Waals surface area contributed by atoms with E-state index >= 15 is 0 Å². The Balaban J connectivity index is 0.00000256. The minimum absolute atomic E-state index is 0. The molecule has 41 heavy (non-hydrogen) atoms. The molecule has 2 aliphatic heterocycles. The largest absolute Gasteiger partial charge is 2.00 e. The van der Waals surface area contributed by atoms with E-state index in [0.717, 1.165) is 43.8 Å². The Bertz CT molecular complexity index is 2040. The van der Waals surface area contributed by atoms with E-state index in [4.69, 9.17) is 39.9 Å². The molecule has 0 spiro atoms. The average Bonchev–Trinajstić information content (AvgIpc) is 3.73. The smallest absolute Gasteiger partial charge is 0.357 e. The molecule has 0 fully saturated rings. The maximum absolute atomic E-state index is 4.94. The molecule has 0 aliphatic carbocycles. The first-order valence-electron chi connectivity index (χ1n) is 12.7. The summed E-state index contributed by atoms with van der Waals surface area (Å²) in [7, 11) is 0. The predicted molar refractivity (Wildman–Crippen MR) is 152 cm³/mol. The van der Waals surface area contributed by atoms with Gasteiger partial charge < -0.3 is 29.9 Å². The topological polar surface area (TPSA) is 118 Å². The standard InChI is InChI=1S/C31H15N9.Cu/c1-2-8-17-16(7-1)24-33-25(17)35-27-20-11-5-6-12-21(20)29(37-27)39-31-23-15-32-14-13-22(23)30(40-31)38-28-19-10-4-3-9-18(19)26(34-24)36-28;/h1-15H;/q-2;+2. The number of hydrogen-bond donors (Lipinski definition) is 0. The zero-order valence-corrected chi connectivity index (χ0v) is 21.9. The summed E-state index contributed by atoms with van der Waals surface area (Å²) in [5.74, 6) is 2.09. The van der Waals surface area contributed by atoms with Crippen molar-refractivity contribution >= 4 is 44.1 Å². The molecule has 195 valence electrons. The molecule has 0 saturated heterocycles. The van der Waals surface area contributed by atoms with Crippen molar-refractivity contribution < 1.29 is 17.1 Å². The van der Waals surface area contributed by atoms with Crippen LogP contribution in [0.15, 0.2) is 91.3 Å². The van der Waals surface area contributed by atoms with Crippen molar-refractivity contribution in [2.45, 2.75) is 0 Å². The fraction of sp³-hybridized carbons (Fsp3) is 0. The monoisotopic (exact) mass is 576 g/mol. The summed E-state index contributed by atoms with van der Waals surface area (Å²) in [5.41, 5.74) is 5.52. The first-order valence-corrected chi connectivity index (χ1v) is 12.7. The second-order valence-electron chi connectivity index (χ2n) is 9.54. The molecule has 4 aromatic heterocycles. The molecule has 2 aliphatic rings. The number of aromatic nitrogens is 9. The van der Waals surface area contributed by atoms with Crippen LogP contribution >= 0.6 is 0 Å².